The van der Waals surface area contributed by atoms with Crippen LogP contribution in [0.15, 0.2) is 0 Å². The first-order valence-corrected chi connectivity index (χ1v) is 7.99. The molecular weight excluding hydrogens is 300 g/mol. The monoisotopic (exact) mass is 326 g/mol. The summed E-state index contributed by atoms with van der Waals surface area (Å²) in [5.74, 6) is 0.570. The predicted molar refractivity (Wildman–Crippen MR) is 87.3 cm³/mol. The molecule has 0 rings (SSSR count). The van der Waals surface area contributed by atoms with Crippen LogP contribution in [0.5, 0.6) is 0 Å². The fraction of sp³-hybridized carbons (Fsp3) is 0.833. The summed E-state index contributed by atoms with van der Waals surface area (Å²) in [6.45, 7) is 2.49. The Kier molecular flexibility index (Phi) is 14.4. The highest BCUT2D eigenvalue weighted by atomic mass is 35.5. The summed E-state index contributed by atoms with van der Waals surface area (Å²) in [6.07, 6.45) is 5.43. The van der Waals surface area contributed by atoms with Crippen LogP contribution in [0.4, 0.5) is 4.79 Å². The largest absolute Gasteiger partial charge is 0.352 e. The van der Waals surface area contributed by atoms with E-state index in [0.29, 0.717) is 13.0 Å². The maximum atomic E-state index is 12.1. The van der Waals surface area contributed by atoms with Crippen LogP contribution < -0.4 is 22.1 Å². The van der Waals surface area contributed by atoms with E-state index in [1.165, 1.54) is 0 Å². The van der Waals surface area contributed by atoms with Crippen LogP contribution in [0.25, 0.3) is 0 Å². The van der Waals surface area contributed by atoms with Gasteiger partial charge in [-0.1, -0.05) is 19.8 Å². The summed E-state index contributed by atoms with van der Waals surface area (Å²) in [5, 5.41) is 5.35. The highest BCUT2D eigenvalue weighted by molar-refractivity contribution is 7.98. The first kappa shape index (κ1) is 21.6. The Morgan fingerprint density at radius 1 is 1.25 bits per heavy atom. The molecule has 0 aliphatic heterocycles. The third-order valence-corrected chi connectivity index (χ3v) is 3.42. The summed E-state index contributed by atoms with van der Waals surface area (Å²) < 4.78 is 0. The lowest BCUT2D eigenvalue weighted by atomic mass is 10.1. The van der Waals surface area contributed by atoms with Gasteiger partial charge in [-0.2, -0.15) is 11.8 Å². The molecule has 0 saturated carbocycles. The molecule has 0 radical (unpaired) electrons. The van der Waals surface area contributed by atoms with Gasteiger partial charge in [0.05, 0.1) is 0 Å². The van der Waals surface area contributed by atoms with E-state index in [1.54, 1.807) is 11.8 Å². The van der Waals surface area contributed by atoms with Gasteiger partial charge in [-0.15, -0.1) is 12.4 Å². The van der Waals surface area contributed by atoms with Crippen LogP contribution in [0.1, 0.15) is 32.6 Å². The molecule has 2 atom stereocenters. The van der Waals surface area contributed by atoms with Crippen molar-refractivity contribution < 1.29 is 9.59 Å². The number of halogens is 1. The first-order valence-electron chi connectivity index (χ1n) is 6.60. The number of nitrogens with two attached hydrogens (primary N) is 2. The standard InChI is InChI=1S/C12H26N4O2S.ClH/c1-3-4-5-9(8-13)15-11(17)10(6-7-19-2)16-12(14)18;/h9-10H,3-8,13H2,1-2H3,(H,15,17)(H3,14,16,18);1H. The lowest BCUT2D eigenvalue weighted by molar-refractivity contribution is -0.123. The smallest absolute Gasteiger partial charge is 0.312 e. The number of unbranched alkanes of at least 4 members (excludes halogenated alkanes) is 1. The number of carbonyl (C=O) groups excluding carboxylic acids is 2. The molecule has 0 aromatic heterocycles. The van der Waals surface area contributed by atoms with Crippen molar-refractivity contribution >= 4 is 36.1 Å². The van der Waals surface area contributed by atoms with E-state index in [-0.39, 0.29) is 24.4 Å². The van der Waals surface area contributed by atoms with Gasteiger partial charge in [-0.25, -0.2) is 4.79 Å². The zero-order valence-corrected chi connectivity index (χ0v) is 13.8. The molecule has 20 heavy (non-hydrogen) atoms. The number of primary amides is 1. The third kappa shape index (κ3) is 10.2. The fourth-order valence-electron chi connectivity index (χ4n) is 1.68. The normalized spacial score (nSPS) is 12.9. The second kappa shape index (κ2) is 13.3. The van der Waals surface area contributed by atoms with E-state index in [2.05, 4.69) is 17.6 Å². The summed E-state index contributed by atoms with van der Waals surface area (Å²) in [6, 6.07) is -1.31. The minimum Gasteiger partial charge on any atom is -0.352 e. The minimum atomic E-state index is -0.681. The molecule has 8 heteroatoms. The Labute approximate surface area is 131 Å². The van der Waals surface area contributed by atoms with Gasteiger partial charge in [-0.3, -0.25) is 4.79 Å². The van der Waals surface area contributed by atoms with Crippen molar-refractivity contribution in [3.8, 4) is 0 Å². The number of carbonyl (C=O) groups is 2. The molecule has 0 bridgehead atoms. The van der Waals surface area contributed by atoms with Gasteiger partial charge in [0.2, 0.25) is 5.91 Å². The SMILES string of the molecule is CCCCC(CN)NC(=O)C(CCSC)NC(N)=O.Cl. The number of amides is 3. The lowest BCUT2D eigenvalue weighted by Crippen LogP contribution is -2.52. The van der Waals surface area contributed by atoms with Crippen molar-refractivity contribution in [1.82, 2.24) is 10.6 Å². The molecule has 0 aromatic rings. The Morgan fingerprint density at radius 2 is 1.90 bits per heavy atom. The molecule has 2 unspecified atom stereocenters. The topological polar surface area (TPSA) is 110 Å². The van der Waals surface area contributed by atoms with Crippen LogP contribution >= 0.6 is 24.2 Å². The van der Waals surface area contributed by atoms with Gasteiger partial charge in [0.25, 0.3) is 0 Å². The Hall–Kier alpha value is -0.660. The van der Waals surface area contributed by atoms with Crippen molar-refractivity contribution in [2.75, 3.05) is 18.6 Å². The van der Waals surface area contributed by atoms with Crippen molar-refractivity contribution in [3.05, 3.63) is 0 Å². The Bertz CT molecular complexity index is 282. The van der Waals surface area contributed by atoms with Crippen LogP contribution in [0.2, 0.25) is 0 Å². The van der Waals surface area contributed by atoms with E-state index in [9.17, 15) is 9.59 Å². The molecule has 0 spiro atoms. The predicted octanol–water partition coefficient (Wildman–Crippen LogP) is 0.832. The molecule has 6 N–H and O–H groups in total. The number of hydrogen-bond acceptors (Lipinski definition) is 4. The molecule has 6 nitrogen and oxygen atoms in total. The third-order valence-electron chi connectivity index (χ3n) is 2.78. The molecule has 120 valence electrons. The van der Waals surface area contributed by atoms with E-state index >= 15 is 0 Å². The lowest BCUT2D eigenvalue weighted by Gasteiger charge is -2.22. The summed E-state index contributed by atoms with van der Waals surface area (Å²) in [4.78, 5) is 23.0. The molecule has 0 heterocycles. The Balaban J connectivity index is 0. The first-order chi connectivity index (χ1) is 9.04. The molecule has 3 amide bonds. The highest BCUT2D eigenvalue weighted by Gasteiger charge is 2.21. The van der Waals surface area contributed by atoms with Gasteiger partial charge in [0, 0.05) is 12.6 Å². The molecule has 0 aliphatic carbocycles. The van der Waals surface area contributed by atoms with Gasteiger partial charge < -0.3 is 22.1 Å². The molecule has 0 fully saturated rings. The number of urea groups is 1. The van der Waals surface area contributed by atoms with Crippen LogP contribution in [-0.2, 0) is 4.79 Å². The van der Waals surface area contributed by atoms with Crippen molar-refractivity contribution in [2.24, 2.45) is 11.5 Å². The van der Waals surface area contributed by atoms with E-state index < -0.39 is 12.1 Å². The molecular formula is C12H27ClN4O2S. The van der Waals surface area contributed by atoms with Crippen LogP contribution in [-0.4, -0.2) is 42.6 Å². The number of thioether (sulfide) groups is 1. The second-order valence-electron chi connectivity index (χ2n) is 4.43. The van der Waals surface area contributed by atoms with Gasteiger partial charge >= 0.3 is 6.03 Å². The Morgan fingerprint density at radius 3 is 2.35 bits per heavy atom. The average Bonchev–Trinajstić information content (AvgIpc) is 2.38. The summed E-state index contributed by atoms with van der Waals surface area (Å²) in [7, 11) is 0. The van der Waals surface area contributed by atoms with Gasteiger partial charge in [0.15, 0.2) is 0 Å². The van der Waals surface area contributed by atoms with Crippen LogP contribution in [0, 0.1) is 0 Å². The number of nitrogens with one attached hydrogen (secondary N) is 2. The average molecular weight is 327 g/mol. The zero-order valence-electron chi connectivity index (χ0n) is 12.2. The summed E-state index contributed by atoms with van der Waals surface area (Å²) in [5.41, 5.74) is 10.7. The molecule has 0 aliphatic rings. The highest BCUT2D eigenvalue weighted by Crippen LogP contribution is 2.04. The van der Waals surface area contributed by atoms with Gasteiger partial charge in [0.1, 0.15) is 6.04 Å². The fourth-order valence-corrected chi connectivity index (χ4v) is 2.15. The van der Waals surface area contributed by atoms with E-state index in [4.69, 9.17) is 11.5 Å². The van der Waals surface area contributed by atoms with Crippen molar-refractivity contribution in [2.45, 2.75) is 44.7 Å². The zero-order chi connectivity index (χ0) is 14.7. The maximum absolute atomic E-state index is 12.1. The number of rotatable bonds is 10. The maximum Gasteiger partial charge on any atom is 0.312 e. The van der Waals surface area contributed by atoms with Gasteiger partial charge in [-0.05, 0) is 24.9 Å². The van der Waals surface area contributed by atoms with E-state index in [1.807, 2.05) is 6.26 Å². The number of hydrogen-bond donors (Lipinski definition) is 4. The molecule has 0 saturated heterocycles. The quantitative estimate of drug-likeness (QED) is 0.476. The van der Waals surface area contributed by atoms with Crippen LogP contribution in [0.3, 0.4) is 0 Å². The summed E-state index contributed by atoms with van der Waals surface area (Å²) >= 11 is 1.62. The minimum absolute atomic E-state index is 0. The molecule has 0 aromatic carbocycles. The van der Waals surface area contributed by atoms with E-state index in [0.717, 1.165) is 25.0 Å². The van der Waals surface area contributed by atoms with Crippen molar-refractivity contribution in [1.29, 1.82) is 0 Å². The van der Waals surface area contributed by atoms with Crippen molar-refractivity contribution in [3.63, 3.8) is 0 Å². The second-order valence-corrected chi connectivity index (χ2v) is 5.41.